The van der Waals surface area contributed by atoms with Gasteiger partial charge in [-0.3, -0.25) is 4.79 Å². The maximum atomic E-state index is 12.5. The first-order valence-electron chi connectivity index (χ1n) is 6.17. The molecule has 1 unspecified atom stereocenters. The van der Waals surface area contributed by atoms with Gasteiger partial charge in [-0.15, -0.1) is 21.5 Å². The molecule has 3 heterocycles. The lowest BCUT2D eigenvalue weighted by Gasteiger charge is -2.32. The van der Waals surface area contributed by atoms with Gasteiger partial charge in [0.15, 0.2) is 16.9 Å². The standard InChI is InChI=1S/C13H10ClN3O3S/c14-10-2-1-8(15-16-10)12(18)17-5-3-9-7(4-6-21-9)11(17)13(19)20/h1-2,4,6,11H,3,5H2,(H,19,20). The van der Waals surface area contributed by atoms with Gasteiger partial charge in [0.25, 0.3) is 5.91 Å². The van der Waals surface area contributed by atoms with Crippen molar-refractivity contribution in [2.24, 2.45) is 0 Å². The molecule has 21 heavy (non-hydrogen) atoms. The Bertz CT molecular complexity index is 701. The Balaban J connectivity index is 1.96. The van der Waals surface area contributed by atoms with E-state index >= 15 is 0 Å². The summed E-state index contributed by atoms with van der Waals surface area (Å²) >= 11 is 7.15. The van der Waals surface area contributed by atoms with Crippen LogP contribution >= 0.6 is 22.9 Å². The number of aliphatic carboxylic acids is 1. The number of carbonyl (C=O) groups excluding carboxylic acids is 1. The zero-order valence-corrected chi connectivity index (χ0v) is 12.3. The summed E-state index contributed by atoms with van der Waals surface area (Å²) in [5.41, 5.74) is 0.762. The number of nitrogens with zero attached hydrogens (tertiary/aromatic N) is 3. The van der Waals surface area contributed by atoms with E-state index in [4.69, 9.17) is 11.6 Å². The van der Waals surface area contributed by atoms with E-state index in [0.29, 0.717) is 18.5 Å². The molecule has 0 radical (unpaired) electrons. The summed E-state index contributed by atoms with van der Waals surface area (Å²) in [6.07, 6.45) is 0.642. The molecule has 0 bridgehead atoms. The fourth-order valence-corrected chi connectivity index (χ4v) is 3.38. The number of thiophene rings is 1. The summed E-state index contributed by atoms with van der Waals surface area (Å²) < 4.78 is 0. The number of carboxylic acid groups (broad SMARTS) is 1. The molecular formula is C13H10ClN3O3S. The molecule has 0 aromatic carbocycles. The molecule has 0 spiro atoms. The third-order valence-electron chi connectivity index (χ3n) is 3.31. The summed E-state index contributed by atoms with van der Waals surface area (Å²) in [7, 11) is 0. The molecule has 1 aliphatic heterocycles. The molecule has 3 rings (SSSR count). The number of rotatable bonds is 2. The number of aromatic nitrogens is 2. The van der Waals surface area contributed by atoms with E-state index in [2.05, 4.69) is 10.2 Å². The Hall–Kier alpha value is -1.99. The van der Waals surface area contributed by atoms with Gasteiger partial charge in [0, 0.05) is 11.4 Å². The summed E-state index contributed by atoms with van der Waals surface area (Å²) in [6, 6.07) is 3.67. The number of amides is 1. The zero-order chi connectivity index (χ0) is 15.0. The molecule has 1 N–H and O–H groups in total. The maximum Gasteiger partial charge on any atom is 0.331 e. The topological polar surface area (TPSA) is 83.4 Å². The van der Waals surface area contributed by atoms with Crippen molar-refractivity contribution in [3.05, 3.63) is 44.9 Å². The van der Waals surface area contributed by atoms with E-state index in [-0.39, 0.29) is 10.8 Å². The third-order valence-corrected chi connectivity index (χ3v) is 4.51. The summed E-state index contributed by atoms with van der Waals surface area (Å²) in [4.78, 5) is 26.4. The first-order valence-corrected chi connectivity index (χ1v) is 7.43. The van der Waals surface area contributed by atoms with Gasteiger partial charge in [0.05, 0.1) is 0 Å². The number of hydrogen-bond donors (Lipinski definition) is 1. The van der Waals surface area contributed by atoms with E-state index in [1.165, 1.54) is 28.4 Å². The van der Waals surface area contributed by atoms with E-state index < -0.39 is 17.9 Å². The number of halogens is 1. The minimum Gasteiger partial charge on any atom is -0.479 e. The van der Waals surface area contributed by atoms with Gasteiger partial charge in [0.1, 0.15) is 0 Å². The quantitative estimate of drug-likeness (QED) is 0.914. The number of carboxylic acids is 1. The van der Waals surface area contributed by atoms with Gasteiger partial charge in [-0.1, -0.05) is 11.6 Å². The van der Waals surface area contributed by atoms with Crippen molar-refractivity contribution >= 4 is 34.8 Å². The SMILES string of the molecule is O=C(O)C1c2ccsc2CCN1C(=O)c1ccc(Cl)nn1. The highest BCUT2D eigenvalue weighted by molar-refractivity contribution is 7.10. The van der Waals surface area contributed by atoms with E-state index in [1.54, 1.807) is 6.07 Å². The molecule has 1 atom stereocenters. The number of fused-ring (bicyclic) bond motifs is 1. The highest BCUT2D eigenvalue weighted by Crippen LogP contribution is 2.34. The van der Waals surface area contributed by atoms with E-state index in [9.17, 15) is 14.7 Å². The molecule has 0 aliphatic carbocycles. The number of carbonyl (C=O) groups is 2. The molecule has 0 saturated carbocycles. The lowest BCUT2D eigenvalue weighted by Crippen LogP contribution is -2.43. The Morgan fingerprint density at radius 2 is 2.14 bits per heavy atom. The fraction of sp³-hybridized carbons (Fsp3) is 0.231. The van der Waals surface area contributed by atoms with E-state index in [1.807, 2.05) is 5.38 Å². The molecule has 6 nitrogen and oxygen atoms in total. The second kappa shape index (κ2) is 5.42. The van der Waals surface area contributed by atoms with Crippen molar-refractivity contribution in [3.8, 4) is 0 Å². The fourth-order valence-electron chi connectivity index (χ4n) is 2.38. The van der Waals surface area contributed by atoms with Crippen LogP contribution in [0.2, 0.25) is 5.15 Å². The van der Waals surface area contributed by atoms with Crippen LogP contribution in [0.1, 0.15) is 27.0 Å². The molecule has 0 saturated heterocycles. The average Bonchev–Trinajstić information content (AvgIpc) is 2.94. The highest BCUT2D eigenvalue weighted by atomic mass is 35.5. The van der Waals surface area contributed by atoms with Crippen LogP contribution in [0.4, 0.5) is 0 Å². The van der Waals surface area contributed by atoms with Crippen LogP contribution in [0.3, 0.4) is 0 Å². The summed E-state index contributed by atoms with van der Waals surface area (Å²) in [5.74, 6) is -1.51. The monoisotopic (exact) mass is 323 g/mol. The van der Waals surface area contributed by atoms with Crippen molar-refractivity contribution in [3.63, 3.8) is 0 Å². The molecule has 2 aromatic heterocycles. The lowest BCUT2D eigenvalue weighted by molar-refractivity contribution is -0.142. The van der Waals surface area contributed by atoms with Crippen LogP contribution in [0.5, 0.6) is 0 Å². The van der Waals surface area contributed by atoms with Gasteiger partial charge < -0.3 is 10.0 Å². The third kappa shape index (κ3) is 2.50. The predicted molar refractivity (Wildman–Crippen MR) is 76.5 cm³/mol. The number of hydrogen-bond acceptors (Lipinski definition) is 5. The molecular weight excluding hydrogens is 314 g/mol. The van der Waals surface area contributed by atoms with Crippen molar-refractivity contribution in [1.82, 2.24) is 15.1 Å². The maximum absolute atomic E-state index is 12.5. The van der Waals surface area contributed by atoms with Gasteiger partial charge in [0.2, 0.25) is 0 Å². The van der Waals surface area contributed by atoms with Crippen LogP contribution in [-0.4, -0.2) is 38.6 Å². The largest absolute Gasteiger partial charge is 0.479 e. The Kier molecular flexibility index (Phi) is 3.60. The summed E-state index contributed by atoms with van der Waals surface area (Å²) in [6.45, 7) is 0.341. The highest BCUT2D eigenvalue weighted by Gasteiger charge is 2.37. The smallest absolute Gasteiger partial charge is 0.331 e. The van der Waals surface area contributed by atoms with E-state index in [0.717, 1.165) is 4.88 Å². The van der Waals surface area contributed by atoms with Gasteiger partial charge in [-0.25, -0.2) is 4.79 Å². The first kappa shape index (κ1) is 14.0. The normalized spacial score (nSPS) is 17.4. The zero-order valence-electron chi connectivity index (χ0n) is 10.7. The minimum absolute atomic E-state index is 0.0873. The Morgan fingerprint density at radius 3 is 2.81 bits per heavy atom. The molecule has 1 aliphatic rings. The van der Waals surface area contributed by atoms with Gasteiger partial charge >= 0.3 is 5.97 Å². The predicted octanol–water partition coefficient (Wildman–Crippen LogP) is 2.02. The minimum atomic E-state index is -1.05. The van der Waals surface area contributed by atoms with Crippen LogP contribution in [0, 0.1) is 0 Å². The average molecular weight is 324 g/mol. The lowest BCUT2D eigenvalue weighted by atomic mass is 9.99. The molecule has 8 heteroatoms. The van der Waals surface area contributed by atoms with Crippen LogP contribution in [-0.2, 0) is 11.2 Å². The Labute approximate surface area is 129 Å². The van der Waals surface area contributed by atoms with Gasteiger partial charge in [-0.05, 0) is 35.6 Å². The second-order valence-electron chi connectivity index (χ2n) is 4.53. The molecule has 2 aromatic rings. The van der Waals surface area contributed by atoms with Crippen molar-refractivity contribution in [1.29, 1.82) is 0 Å². The Morgan fingerprint density at radius 1 is 1.33 bits per heavy atom. The molecule has 0 fully saturated rings. The van der Waals surface area contributed by atoms with Crippen molar-refractivity contribution in [2.45, 2.75) is 12.5 Å². The first-order chi connectivity index (χ1) is 10.1. The van der Waals surface area contributed by atoms with Crippen LogP contribution in [0.15, 0.2) is 23.6 Å². The summed E-state index contributed by atoms with van der Waals surface area (Å²) in [5, 5.41) is 18.8. The van der Waals surface area contributed by atoms with Crippen molar-refractivity contribution in [2.75, 3.05) is 6.54 Å². The molecule has 108 valence electrons. The van der Waals surface area contributed by atoms with Crippen LogP contribution < -0.4 is 0 Å². The van der Waals surface area contributed by atoms with Crippen LogP contribution in [0.25, 0.3) is 0 Å². The van der Waals surface area contributed by atoms with Gasteiger partial charge in [-0.2, -0.15) is 0 Å². The molecule has 1 amide bonds. The van der Waals surface area contributed by atoms with Crippen molar-refractivity contribution < 1.29 is 14.7 Å². The second-order valence-corrected chi connectivity index (χ2v) is 5.92.